The van der Waals surface area contributed by atoms with E-state index in [1.807, 2.05) is 6.92 Å². The van der Waals surface area contributed by atoms with Gasteiger partial charge in [0.15, 0.2) is 0 Å². The summed E-state index contributed by atoms with van der Waals surface area (Å²) in [5.74, 6) is -0.267. The van der Waals surface area contributed by atoms with E-state index in [2.05, 4.69) is 5.32 Å². The number of benzene rings is 1. The number of cyclic esters (lactones) is 1. The van der Waals surface area contributed by atoms with E-state index in [-0.39, 0.29) is 11.9 Å². The standard InChI is InChI=1S/C10H10FNO2/c1-6-4-7(11)2-3-8(6)9-5-14-10(13)12-9/h2-4,9H,5H2,1H3,(H,12,13)/t9-/m1/s1. The molecule has 1 aromatic carbocycles. The summed E-state index contributed by atoms with van der Waals surface area (Å²) >= 11 is 0. The SMILES string of the molecule is Cc1cc(F)ccc1[C@H]1COC(=O)N1. The lowest BCUT2D eigenvalue weighted by atomic mass is 10.0. The van der Waals surface area contributed by atoms with Crippen molar-refractivity contribution in [2.24, 2.45) is 0 Å². The summed E-state index contributed by atoms with van der Waals surface area (Å²) in [6.07, 6.45) is -0.418. The van der Waals surface area contributed by atoms with Gasteiger partial charge in [-0.15, -0.1) is 0 Å². The molecule has 1 heterocycles. The van der Waals surface area contributed by atoms with Gasteiger partial charge in [-0.05, 0) is 30.2 Å². The van der Waals surface area contributed by atoms with Gasteiger partial charge in [-0.3, -0.25) is 0 Å². The molecule has 0 aliphatic carbocycles. The van der Waals surface area contributed by atoms with Crippen LogP contribution in [0, 0.1) is 12.7 Å². The topological polar surface area (TPSA) is 38.3 Å². The minimum atomic E-state index is -0.418. The Bertz CT molecular complexity index is 378. The Hall–Kier alpha value is -1.58. The fourth-order valence-electron chi connectivity index (χ4n) is 1.58. The second-order valence-corrected chi connectivity index (χ2v) is 3.30. The molecule has 1 aliphatic rings. The normalized spacial score (nSPS) is 20.4. The van der Waals surface area contributed by atoms with Crippen LogP contribution in [0.15, 0.2) is 18.2 Å². The van der Waals surface area contributed by atoms with Gasteiger partial charge in [-0.2, -0.15) is 0 Å². The molecule has 1 aromatic rings. The number of nitrogens with one attached hydrogen (secondary N) is 1. The molecule has 0 bridgehead atoms. The highest BCUT2D eigenvalue weighted by atomic mass is 19.1. The Morgan fingerprint density at radius 1 is 1.57 bits per heavy atom. The summed E-state index contributed by atoms with van der Waals surface area (Å²) < 4.78 is 17.6. The third-order valence-corrected chi connectivity index (χ3v) is 2.28. The van der Waals surface area contributed by atoms with Gasteiger partial charge < -0.3 is 10.1 Å². The van der Waals surface area contributed by atoms with E-state index in [4.69, 9.17) is 4.74 Å². The first-order chi connectivity index (χ1) is 6.66. The Kier molecular flexibility index (Phi) is 2.11. The van der Waals surface area contributed by atoms with Crippen LogP contribution in [0.2, 0.25) is 0 Å². The smallest absolute Gasteiger partial charge is 0.407 e. The number of halogens is 1. The summed E-state index contributed by atoms with van der Waals surface area (Å²) in [5, 5.41) is 2.65. The fraction of sp³-hybridized carbons (Fsp3) is 0.300. The Morgan fingerprint density at radius 3 is 2.93 bits per heavy atom. The minimum Gasteiger partial charge on any atom is -0.447 e. The average Bonchev–Trinajstić information content (AvgIpc) is 2.51. The van der Waals surface area contributed by atoms with E-state index in [1.165, 1.54) is 12.1 Å². The van der Waals surface area contributed by atoms with E-state index in [0.717, 1.165) is 11.1 Å². The predicted octanol–water partition coefficient (Wildman–Crippen LogP) is 1.92. The number of carbonyl (C=O) groups is 1. The van der Waals surface area contributed by atoms with E-state index in [9.17, 15) is 9.18 Å². The first-order valence-corrected chi connectivity index (χ1v) is 4.36. The highest BCUT2D eigenvalue weighted by Crippen LogP contribution is 2.22. The van der Waals surface area contributed by atoms with Crippen molar-refractivity contribution in [3.8, 4) is 0 Å². The molecule has 1 atom stereocenters. The number of hydrogen-bond donors (Lipinski definition) is 1. The van der Waals surface area contributed by atoms with Crippen molar-refractivity contribution >= 4 is 6.09 Å². The molecule has 1 amide bonds. The maximum atomic E-state index is 12.8. The van der Waals surface area contributed by atoms with Gasteiger partial charge in [0.1, 0.15) is 12.4 Å². The van der Waals surface area contributed by atoms with Crippen LogP contribution >= 0.6 is 0 Å². The van der Waals surface area contributed by atoms with E-state index in [1.54, 1.807) is 6.07 Å². The molecule has 0 unspecified atom stereocenters. The maximum Gasteiger partial charge on any atom is 0.407 e. The quantitative estimate of drug-likeness (QED) is 0.743. The van der Waals surface area contributed by atoms with Crippen LogP contribution < -0.4 is 5.32 Å². The molecule has 4 heteroatoms. The Balaban J connectivity index is 2.28. The predicted molar refractivity (Wildman–Crippen MR) is 48.4 cm³/mol. The van der Waals surface area contributed by atoms with Crippen LogP contribution in [0.4, 0.5) is 9.18 Å². The van der Waals surface area contributed by atoms with Crippen molar-refractivity contribution < 1.29 is 13.9 Å². The maximum absolute atomic E-state index is 12.8. The number of rotatable bonds is 1. The molecule has 0 spiro atoms. The van der Waals surface area contributed by atoms with Crippen LogP contribution in [-0.2, 0) is 4.74 Å². The van der Waals surface area contributed by atoms with Gasteiger partial charge in [-0.25, -0.2) is 9.18 Å². The zero-order chi connectivity index (χ0) is 10.1. The lowest BCUT2D eigenvalue weighted by Gasteiger charge is -2.10. The number of amides is 1. The third kappa shape index (κ3) is 1.55. The van der Waals surface area contributed by atoms with E-state index < -0.39 is 6.09 Å². The molecule has 14 heavy (non-hydrogen) atoms. The first-order valence-electron chi connectivity index (χ1n) is 4.36. The molecule has 0 saturated carbocycles. The average molecular weight is 195 g/mol. The van der Waals surface area contributed by atoms with Crippen molar-refractivity contribution in [3.05, 3.63) is 35.1 Å². The van der Waals surface area contributed by atoms with Crippen LogP contribution in [0.1, 0.15) is 17.2 Å². The number of ether oxygens (including phenoxy) is 1. The van der Waals surface area contributed by atoms with Crippen molar-refractivity contribution in [2.45, 2.75) is 13.0 Å². The Labute approximate surface area is 80.9 Å². The lowest BCUT2D eigenvalue weighted by Crippen LogP contribution is -2.19. The number of alkyl carbamates (subject to hydrolysis) is 1. The van der Waals surface area contributed by atoms with Gasteiger partial charge in [-0.1, -0.05) is 6.07 Å². The van der Waals surface area contributed by atoms with Crippen molar-refractivity contribution in [3.63, 3.8) is 0 Å². The van der Waals surface area contributed by atoms with Crippen LogP contribution in [0.25, 0.3) is 0 Å². The van der Waals surface area contributed by atoms with E-state index in [0.29, 0.717) is 6.61 Å². The van der Waals surface area contributed by atoms with E-state index >= 15 is 0 Å². The summed E-state index contributed by atoms with van der Waals surface area (Å²) in [6, 6.07) is 4.35. The number of hydrogen-bond acceptors (Lipinski definition) is 2. The summed E-state index contributed by atoms with van der Waals surface area (Å²) in [7, 11) is 0. The molecule has 0 radical (unpaired) electrons. The molecule has 2 rings (SSSR count). The zero-order valence-corrected chi connectivity index (χ0v) is 7.71. The molecule has 1 saturated heterocycles. The minimum absolute atomic E-state index is 0.150. The van der Waals surface area contributed by atoms with Crippen molar-refractivity contribution in [1.82, 2.24) is 5.32 Å². The van der Waals surface area contributed by atoms with Gasteiger partial charge in [0.05, 0.1) is 6.04 Å². The molecular formula is C10H10FNO2. The molecule has 74 valence electrons. The highest BCUT2D eigenvalue weighted by Gasteiger charge is 2.24. The van der Waals surface area contributed by atoms with Crippen molar-refractivity contribution in [2.75, 3.05) is 6.61 Å². The van der Waals surface area contributed by atoms with Crippen molar-refractivity contribution in [1.29, 1.82) is 0 Å². The number of carbonyl (C=O) groups excluding carboxylic acids is 1. The van der Waals surface area contributed by atoms with Crippen LogP contribution in [0.3, 0.4) is 0 Å². The molecule has 1 N–H and O–H groups in total. The van der Waals surface area contributed by atoms with Gasteiger partial charge in [0.2, 0.25) is 0 Å². The monoisotopic (exact) mass is 195 g/mol. The number of aryl methyl sites for hydroxylation is 1. The molecular weight excluding hydrogens is 185 g/mol. The second-order valence-electron chi connectivity index (χ2n) is 3.30. The van der Waals surface area contributed by atoms with Crippen LogP contribution in [0.5, 0.6) is 0 Å². The Morgan fingerprint density at radius 2 is 2.36 bits per heavy atom. The summed E-state index contributed by atoms with van der Waals surface area (Å²) in [4.78, 5) is 10.8. The lowest BCUT2D eigenvalue weighted by molar-refractivity contribution is 0.177. The van der Waals surface area contributed by atoms with Gasteiger partial charge in [0, 0.05) is 0 Å². The largest absolute Gasteiger partial charge is 0.447 e. The molecule has 1 aliphatic heterocycles. The summed E-state index contributed by atoms with van der Waals surface area (Å²) in [6.45, 7) is 2.12. The van der Waals surface area contributed by atoms with Gasteiger partial charge in [0.25, 0.3) is 0 Å². The molecule has 0 aromatic heterocycles. The molecule has 3 nitrogen and oxygen atoms in total. The first kappa shape index (κ1) is 8.99. The van der Waals surface area contributed by atoms with Gasteiger partial charge >= 0.3 is 6.09 Å². The molecule has 1 fully saturated rings. The summed E-state index contributed by atoms with van der Waals surface area (Å²) in [5.41, 5.74) is 1.72. The second kappa shape index (κ2) is 3.29. The third-order valence-electron chi connectivity index (χ3n) is 2.28. The zero-order valence-electron chi connectivity index (χ0n) is 7.71. The fourth-order valence-corrected chi connectivity index (χ4v) is 1.58. The van der Waals surface area contributed by atoms with Crippen LogP contribution in [-0.4, -0.2) is 12.7 Å². The highest BCUT2D eigenvalue weighted by molar-refractivity contribution is 5.70.